The van der Waals surface area contributed by atoms with Gasteiger partial charge < -0.3 is 24.9 Å². The van der Waals surface area contributed by atoms with Crippen molar-refractivity contribution in [3.8, 4) is 11.5 Å². The van der Waals surface area contributed by atoms with Crippen molar-refractivity contribution >= 4 is 11.0 Å². The summed E-state index contributed by atoms with van der Waals surface area (Å²) in [7, 11) is 0. The van der Waals surface area contributed by atoms with E-state index in [1.54, 1.807) is 0 Å². The van der Waals surface area contributed by atoms with Gasteiger partial charge in [-0.25, -0.2) is 4.98 Å². The smallest absolute Gasteiger partial charge is 0.163 e. The lowest BCUT2D eigenvalue weighted by atomic mass is 10.2. The number of benzene rings is 1. The molecule has 23 heavy (non-hydrogen) atoms. The molecule has 0 aliphatic carbocycles. The number of ether oxygens (including phenoxy) is 2. The molecule has 6 nitrogen and oxygen atoms in total. The number of fused-ring (bicyclic) bond motifs is 2. The third-order valence-corrected chi connectivity index (χ3v) is 4.14. The van der Waals surface area contributed by atoms with Crippen molar-refractivity contribution < 1.29 is 14.6 Å². The first kappa shape index (κ1) is 16.1. The van der Waals surface area contributed by atoms with Gasteiger partial charge in [0.1, 0.15) is 19.0 Å². The Labute approximate surface area is 136 Å². The van der Waals surface area contributed by atoms with Crippen LogP contribution in [0.15, 0.2) is 12.1 Å². The predicted molar refractivity (Wildman–Crippen MR) is 89.0 cm³/mol. The van der Waals surface area contributed by atoms with Crippen LogP contribution in [0.5, 0.6) is 11.5 Å². The molecule has 2 aromatic rings. The van der Waals surface area contributed by atoms with Gasteiger partial charge >= 0.3 is 0 Å². The summed E-state index contributed by atoms with van der Waals surface area (Å²) in [6.45, 7) is 2.84. The van der Waals surface area contributed by atoms with E-state index in [4.69, 9.17) is 20.2 Å². The largest absolute Gasteiger partial charge is 0.486 e. The van der Waals surface area contributed by atoms with Crippen LogP contribution in [0.1, 0.15) is 31.5 Å². The first-order valence-electron chi connectivity index (χ1n) is 8.43. The molecule has 126 valence electrons. The maximum atomic E-state index is 9.17. The third-order valence-electron chi connectivity index (χ3n) is 4.14. The monoisotopic (exact) mass is 319 g/mol. The number of unbranched alkanes of at least 4 members (excludes halogenated alkanes) is 2. The lowest BCUT2D eigenvalue weighted by Gasteiger charge is -2.18. The zero-order valence-corrected chi connectivity index (χ0v) is 13.5. The van der Waals surface area contributed by atoms with Crippen molar-refractivity contribution in [1.29, 1.82) is 0 Å². The first-order valence-corrected chi connectivity index (χ1v) is 8.43. The van der Waals surface area contributed by atoms with E-state index in [1.807, 2.05) is 12.1 Å². The van der Waals surface area contributed by atoms with Crippen LogP contribution in [0.4, 0.5) is 0 Å². The molecular weight excluding hydrogens is 294 g/mol. The van der Waals surface area contributed by atoms with Gasteiger partial charge in [-0.1, -0.05) is 6.42 Å². The minimum Gasteiger partial charge on any atom is -0.486 e. The van der Waals surface area contributed by atoms with Crippen LogP contribution in [-0.2, 0) is 13.0 Å². The van der Waals surface area contributed by atoms with Gasteiger partial charge in [-0.15, -0.1) is 0 Å². The Hall–Kier alpha value is -1.79. The molecule has 0 saturated heterocycles. The number of hydrogen-bond acceptors (Lipinski definition) is 5. The van der Waals surface area contributed by atoms with E-state index >= 15 is 0 Å². The van der Waals surface area contributed by atoms with Gasteiger partial charge in [0.05, 0.1) is 11.0 Å². The van der Waals surface area contributed by atoms with Gasteiger partial charge in [-0.3, -0.25) is 0 Å². The van der Waals surface area contributed by atoms with Gasteiger partial charge in [0.25, 0.3) is 0 Å². The molecule has 0 fully saturated rings. The summed E-state index contributed by atoms with van der Waals surface area (Å²) in [5.74, 6) is 2.61. The SMILES string of the molecule is NCCCCCc1nc2cc3c(cc2n1CCCO)OCCO3. The summed E-state index contributed by atoms with van der Waals surface area (Å²) >= 11 is 0. The fourth-order valence-electron chi connectivity index (χ4n) is 2.98. The Kier molecular flexibility index (Phi) is 5.35. The number of imidazole rings is 1. The summed E-state index contributed by atoms with van der Waals surface area (Å²) < 4.78 is 13.5. The quantitative estimate of drug-likeness (QED) is 0.726. The number of aryl methyl sites for hydroxylation is 2. The summed E-state index contributed by atoms with van der Waals surface area (Å²) in [6, 6.07) is 3.97. The van der Waals surface area contributed by atoms with Crippen LogP contribution in [0.25, 0.3) is 11.0 Å². The highest BCUT2D eigenvalue weighted by molar-refractivity contribution is 5.80. The second-order valence-electron chi connectivity index (χ2n) is 5.84. The second-order valence-corrected chi connectivity index (χ2v) is 5.84. The number of nitrogens with zero attached hydrogens (tertiary/aromatic N) is 2. The highest BCUT2D eigenvalue weighted by Gasteiger charge is 2.17. The van der Waals surface area contributed by atoms with Gasteiger partial charge in [-0.2, -0.15) is 0 Å². The minimum atomic E-state index is 0.177. The van der Waals surface area contributed by atoms with Crippen LogP contribution < -0.4 is 15.2 Å². The Balaban J connectivity index is 1.90. The molecular formula is C17H25N3O3. The van der Waals surface area contributed by atoms with Crippen molar-refractivity contribution in [3.63, 3.8) is 0 Å². The van der Waals surface area contributed by atoms with Crippen molar-refractivity contribution in [2.75, 3.05) is 26.4 Å². The van der Waals surface area contributed by atoms with Crippen molar-refractivity contribution in [3.05, 3.63) is 18.0 Å². The van der Waals surface area contributed by atoms with E-state index in [9.17, 15) is 5.11 Å². The summed E-state index contributed by atoms with van der Waals surface area (Å²) in [4.78, 5) is 4.79. The summed E-state index contributed by atoms with van der Waals surface area (Å²) in [6.07, 6.45) is 4.88. The average molecular weight is 319 g/mol. The van der Waals surface area contributed by atoms with Gasteiger partial charge in [-0.05, 0) is 25.8 Å². The highest BCUT2D eigenvalue weighted by atomic mass is 16.6. The van der Waals surface area contributed by atoms with E-state index in [1.165, 1.54) is 0 Å². The number of nitrogens with two attached hydrogens (primary N) is 1. The number of aromatic nitrogens is 2. The molecule has 0 bridgehead atoms. The Morgan fingerprint density at radius 1 is 1.09 bits per heavy atom. The van der Waals surface area contributed by atoms with E-state index in [2.05, 4.69) is 4.57 Å². The molecule has 3 N–H and O–H groups in total. The maximum Gasteiger partial charge on any atom is 0.163 e. The Morgan fingerprint density at radius 3 is 2.61 bits per heavy atom. The molecule has 2 heterocycles. The Bertz CT molecular complexity index is 654. The van der Waals surface area contributed by atoms with Gasteiger partial charge in [0.15, 0.2) is 11.5 Å². The normalized spacial score (nSPS) is 13.7. The van der Waals surface area contributed by atoms with Crippen LogP contribution >= 0.6 is 0 Å². The molecule has 0 unspecified atom stereocenters. The lowest BCUT2D eigenvalue weighted by molar-refractivity contribution is 0.172. The highest BCUT2D eigenvalue weighted by Crippen LogP contribution is 2.35. The standard InChI is InChI=1S/C17H25N3O3/c18-6-3-1-2-5-17-19-13-11-15-16(23-10-9-22-15)12-14(13)20(17)7-4-8-21/h11-12,21H,1-10,18H2. The maximum absolute atomic E-state index is 9.17. The van der Waals surface area contributed by atoms with Crippen molar-refractivity contribution in [2.24, 2.45) is 5.73 Å². The summed E-state index contributed by atoms with van der Waals surface area (Å²) in [5, 5.41) is 9.17. The average Bonchev–Trinajstić information content (AvgIpc) is 2.91. The van der Waals surface area contributed by atoms with Crippen LogP contribution in [0.3, 0.4) is 0 Å². The molecule has 0 radical (unpaired) electrons. The molecule has 1 aromatic heterocycles. The van der Waals surface area contributed by atoms with Crippen LogP contribution in [0.2, 0.25) is 0 Å². The van der Waals surface area contributed by atoms with E-state index in [0.717, 1.165) is 73.6 Å². The minimum absolute atomic E-state index is 0.177. The number of rotatable bonds is 8. The summed E-state index contributed by atoms with van der Waals surface area (Å²) in [5.41, 5.74) is 7.54. The molecule has 0 saturated carbocycles. The van der Waals surface area contributed by atoms with Crippen LogP contribution in [0, 0.1) is 0 Å². The van der Waals surface area contributed by atoms with Crippen molar-refractivity contribution in [2.45, 2.75) is 38.6 Å². The molecule has 3 rings (SSSR count). The van der Waals surface area contributed by atoms with E-state index in [0.29, 0.717) is 13.2 Å². The van der Waals surface area contributed by atoms with E-state index < -0.39 is 0 Å². The molecule has 1 aromatic carbocycles. The van der Waals surface area contributed by atoms with Crippen LogP contribution in [-0.4, -0.2) is 41.0 Å². The Morgan fingerprint density at radius 2 is 1.87 bits per heavy atom. The molecule has 0 spiro atoms. The second kappa shape index (κ2) is 7.66. The fraction of sp³-hybridized carbons (Fsp3) is 0.588. The van der Waals surface area contributed by atoms with Gasteiger partial charge in [0.2, 0.25) is 0 Å². The number of hydrogen-bond donors (Lipinski definition) is 2. The topological polar surface area (TPSA) is 82.5 Å². The predicted octanol–water partition coefficient (Wildman–Crippen LogP) is 1.86. The number of aliphatic hydroxyl groups excluding tert-OH is 1. The zero-order chi connectivity index (χ0) is 16.1. The fourth-order valence-corrected chi connectivity index (χ4v) is 2.98. The first-order chi connectivity index (χ1) is 11.3. The molecule has 1 aliphatic rings. The third kappa shape index (κ3) is 3.59. The van der Waals surface area contributed by atoms with E-state index in [-0.39, 0.29) is 6.61 Å². The molecule has 6 heteroatoms. The number of aliphatic hydroxyl groups is 1. The molecule has 1 aliphatic heterocycles. The molecule has 0 atom stereocenters. The van der Waals surface area contributed by atoms with Gasteiger partial charge in [0, 0.05) is 31.7 Å². The lowest BCUT2D eigenvalue weighted by Crippen LogP contribution is -2.15. The zero-order valence-electron chi connectivity index (χ0n) is 13.5. The molecule has 0 amide bonds. The van der Waals surface area contributed by atoms with Crippen molar-refractivity contribution in [1.82, 2.24) is 9.55 Å².